The second-order valence-corrected chi connectivity index (χ2v) is 4.16. The van der Waals surface area contributed by atoms with E-state index in [1.807, 2.05) is 0 Å². The fourth-order valence-electron chi connectivity index (χ4n) is 0.664. The molecule has 0 atom stereocenters. The minimum atomic E-state index is -5.88. The summed E-state index contributed by atoms with van der Waals surface area (Å²) >= 11 is 0. The Bertz CT molecular complexity index is 346. The van der Waals surface area contributed by atoms with Crippen LogP contribution < -0.4 is 0 Å². The first kappa shape index (κ1) is 12.0. The maximum atomic E-state index is 11.7. The third-order valence-corrected chi connectivity index (χ3v) is 2.41. The molecule has 1 fully saturated rings. The van der Waals surface area contributed by atoms with E-state index in [1.165, 1.54) is 0 Å². The minimum Gasteiger partial charge on any atom is -0.306 e. The van der Waals surface area contributed by atoms with Crippen LogP contribution in [-0.2, 0) is 19.3 Å². The van der Waals surface area contributed by atoms with Crippen molar-refractivity contribution in [2.75, 3.05) is 13.1 Å². The third kappa shape index (κ3) is 2.72. The molecule has 0 aromatic rings. The molecule has 0 spiro atoms. The number of alkyl halides is 3. The van der Waals surface area contributed by atoms with Crippen molar-refractivity contribution in [3.05, 3.63) is 0 Å². The maximum Gasteiger partial charge on any atom is 0.526 e. The molecule has 10 heteroatoms. The van der Waals surface area contributed by atoms with Crippen molar-refractivity contribution < 1.29 is 35.6 Å². The second-order valence-electron chi connectivity index (χ2n) is 2.66. The summed E-state index contributed by atoms with van der Waals surface area (Å²) in [7, 11) is -5.88. The zero-order chi connectivity index (χ0) is 11.7. The van der Waals surface area contributed by atoms with Crippen molar-refractivity contribution >= 4 is 16.2 Å². The Morgan fingerprint density at radius 2 is 1.80 bits per heavy atom. The number of halogens is 3. The molecule has 0 aliphatic carbocycles. The van der Waals surface area contributed by atoms with E-state index in [0.29, 0.717) is 19.5 Å². The van der Waals surface area contributed by atoms with Gasteiger partial charge in [0.2, 0.25) is 0 Å². The Labute approximate surface area is 82.6 Å². The average molecular weight is 249 g/mol. The molecular weight excluding hydrogens is 243 g/mol. The summed E-state index contributed by atoms with van der Waals surface area (Å²) < 4.78 is 58.5. The lowest BCUT2D eigenvalue weighted by Gasteiger charge is -2.28. The predicted molar refractivity (Wildman–Crippen MR) is 38.7 cm³/mol. The van der Waals surface area contributed by atoms with Gasteiger partial charge in [0.1, 0.15) is 0 Å². The Kier molecular flexibility index (Phi) is 3.09. The molecule has 0 radical (unpaired) electrons. The van der Waals surface area contributed by atoms with Gasteiger partial charge in [-0.05, 0) is 10.8 Å². The van der Waals surface area contributed by atoms with Crippen LogP contribution in [0.3, 0.4) is 0 Å². The van der Waals surface area contributed by atoms with Gasteiger partial charge in [0.25, 0.3) is 0 Å². The first-order valence-electron chi connectivity index (χ1n) is 3.70. The molecule has 0 saturated carbocycles. The van der Waals surface area contributed by atoms with Crippen LogP contribution in [0.2, 0.25) is 0 Å². The summed E-state index contributed by atoms with van der Waals surface area (Å²) in [4.78, 5) is 15.3. The summed E-state index contributed by atoms with van der Waals surface area (Å²) in [5.74, 6) is 0. The number of likely N-dealkylation sites (tertiary alicyclic amines) is 1. The molecule has 0 N–H and O–H groups in total. The quantitative estimate of drug-likeness (QED) is 0.407. The van der Waals surface area contributed by atoms with Gasteiger partial charge in [-0.3, -0.25) is 4.89 Å². The summed E-state index contributed by atoms with van der Waals surface area (Å²) in [6, 6.07) is 0. The highest BCUT2D eigenvalue weighted by atomic mass is 32.2. The number of rotatable bonds is 2. The van der Waals surface area contributed by atoms with Gasteiger partial charge in [0, 0.05) is 13.1 Å². The molecule has 1 aliphatic rings. The van der Waals surface area contributed by atoms with Gasteiger partial charge in [-0.2, -0.15) is 21.6 Å². The van der Waals surface area contributed by atoms with Gasteiger partial charge in [-0.25, -0.2) is 4.79 Å². The summed E-state index contributed by atoms with van der Waals surface area (Å²) in [6.45, 7) is 0.600. The molecule has 88 valence electrons. The average Bonchev–Trinajstić information content (AvgIpc) is 1.95. The van der Waals surface area contributed by atoms with E-state index in [1.54, 1.807) is 0 Å². The topological polar surface area (TPSA) is 72.9 Å². The summed E-state index contributed by atoms with van der Waals surface area (Å²) in [5, 5.41) is 0. The monoisotopic (exact) mass is 249 g/mol. The number of carbonyl (C=O) groups excluding carboxylic acids is 1. The molecular formula is C5H6F3NO5S. The number of amides is 1. The van der Waals surface area contributed by atoms with E-state index < -0.39 is 21.7 Å². The molecule has 1 aliphatic heterocycles. The van der Waals surface area contributed by atoms with E-state index in [0.717, 1.165) is 4.90 Å². The highest BCUT2D eigenvalue weighted by molar-refractivity contribution is 7.87. The predicted octanol–water partition coefficient (Wildman–Crippen LogP) is 0.610. The van der Waals surface area contributed by atoms with E-state index in [2.05, 4.69) is 9.22 Å². The van der Waals surface area contributed by atoms with Crippen LogP contribution >= 0.6 is 0 Å². The normalized spacial score (nSPS) is 17.1. The van der Waals surface area contributed by atoms with Crippen LogP contribution in [0.4, 0.5) is 18.0 Å². The minimum absolute atomic E-state index is 0.300. The van der Waals surface area contributed by atoms with E-state index in [4.69, 9.17) is 0 Å². The lowest BCUT2D eigenvalue weighted by molar-refractivity contribution is -0.170. The molecule has 1 amide bonds. The molecule has 1 heterocycles. The Balaban J connectivity index is 2.46. The first-order chi connectivity index (χ1) is 6.74. The Morgan fingerprint density at radius 1 is 1.27 bits per heavy atom. The highest BCUT2D eigenvalue weighted by Crippen LogP contribution is 2.25. The SMILES string of the molecule is O=C(OOS(=O)(=O)C(F)(F)F)N1CCC1. The fourth-order valence-corrected chi connectivity index (χ4v) is 0.889. The van der Waals surface area contributed by atoms with Crippen molar-refractivity contribution in [1.29, 1.82) is 0 Å². The third-order valence-electron chi connectivity index (χ3n) is 1.59. The van der Waals surface area contributed by atoms with Gasteiger partial charge in [0.15, 0.2) is 0 Å². The molecule has 15 heavy (non-hydrogen) atoms. The van der Waals surface area contributed by atoms with Crippen molar-refractivity contribution in [2.45, 2.75) is 11.9 Å². The summed E-state index contributed by atoms with van der Waals surface area (Å²) in [5.41, 5.74) is -5.61. The molecule has 6 nitrogen and oxygen atoms in total. The molecule has 0 aromatic carbocycles. The van der Waals surface area contributed by atoms with Crippen molar-refractivity contribution in [1.82, 2.24) is 4.90 Å². The standard InChI is InChI=1S/C5H6F3NO5S/c6-5(7,8)15(11,12)14-13-4(10)9-2-1-3-9/h1-3H2. The van der Waals surface area contributed by atoms with Gasteiger partial charge < -0.3 is 4.90 Å². The van der Waals surface area contributed by atoms with Crippen molar-refractivity contribution in [2.24, 2.45) is 0 Å². The van der Waals surface area contributed by atoms with E-state index >= 15 is 0 Å². The largest absolute Gasteiger partial charge is 0.526 e. The first-order valence-corrected chi connectivity index (χ1v) is 5.11. The molecule has 0 bridgehead atoms. The maximum absolute atomic E-state index is 11.7. The van der Waals surface area contributed by atoms with Crippen molar-refractivity contribution in [3.8, 4) is 0 Å². The zero-order valence-corrected chi connectivity index (χ0v) is 7.97. The molecule has 0 aromatic heterocycles. The highest BCUT2D eigenvalue weighted by Gasteiger charge is 2.49. The van der Waals surface area contributed by atoms with Crippen LogP contribution in [0.5, 0.6) is 0 Å². The molecule has 1 saturated heterocycles. The lowest BCUT2D eigenvalue weighted by Crippen LogP contribution is -2.43. The van der Waals surface area contributed by atoms with Gasteiger partial charge in [-0.15, -0.1) is 0 Å². The van der Waals surface area contributed by atoms with Crippen LogP contribution in [0.15, 0.2) is 0 Å². The van der Waals surface area contributed by atoms with Crippen LogP contribution in [0, 0.1) is 0 Å². The zero-order valence-electron chi connectivity index (χ0n) is 7.15. The fraction of sp³-hybridized carbons (Fsp3) is 0.800. The van der Waals surface area contributed by atoms with Gasteiger partial charge in [0.05, 0.1) is 0 Å². The number of nitrogens with zero attached hydrogens (tertiary/aromatic N) is 1. The van der Waals surface area contributed by atoms with Gasteiger partial charge >= 0.3 is 21.7 Å². The number of carbonyl (C=O) groups is 1. The second kappa shape index (κ2) is 3.85. The van der Waals surface area contributed by atoms with Crippen molar-refractivity contribution in [3.63, 3.8) is 0 Å². The summed E-state index contributed by atoms with van der Waals surface area (Å²) in [6.07, 6.45) is -0.574. The number of hydrogen-bond acceptors (Lipinski definition) is 5. The van der Waals surface area contributed by atoms with Crippen LogP contribution in [0.25, 0.3) is 0 Å². The number of hydrogen-bond donors (Lipinski definition) is 0. The Hall–Kier alpha value is -1.03. The Morgan fingerprint density at radius 3 is 2.13 bits per heavy atom. The van der Waals surface area contributed by atoms with Gasteiger partial charge in [-0.1, -0.05) is 0 Å². The smallest absolute Gasteiger partial charge is 0.306 e. The van der Waals surface area contributed by atoms with Crippen LogP contribution in [0.1, 0.15) is 6.42 Å². The van der Waals surface area contributed by atoms with Crippen LogP contribution in [-0.4, -0.2) is 38.0 Å². The molecule has 1 rings (SSSR count). The lowest BCUT2D eigenvalue weighted by atomic mass is 10.2. The van der Waals surface area contributed by atoms with E-state index in [9.17, 15) is 26.4 Å². The van der Waals surface area contributed by atoms with E-state index in [-0.39, 0.29) is 0 Å². The molecule has 0 unspecified atom stereocenters.